The number of carbonyl (C=O) groups is 19. The van der Waals surface area contributed by atoms with Crippen LogP contribution < -0.4 is 108 Å². The Labute approximate surface area is 776 Å². The maximum atomic E-state index is 15.1. The van der Waals surface area contributed by atoms with Crippen molar-refractivity contribution in [3.63, 3.8) is 0 Å². The fraction of sp³-hybridized carbons (Fsp3) is 0.609. The third-order valence-corrected chi connectivity index (χ3v) is 22.2. The second-order valence-electron chi connectivity index (χ2n) is 34.0. The van der Waals surface area contributed by atoms with Crippen molar-refractivity contribution in [3.8, 4) is 0 Å². The van der Waals surface area contributed by atoms with Crippen LogP contribution in [0.5, 0.6) is 0 Å². The van der Waals surface area contributed by atoms with Gasteiger partial charge in [-0.3, -0.25) is 91.7 Å². The first kappa shape index (κ1) is 115. The van der Waals surface area contributed by atoms with Gasteiger partial charge in [-0.25, -0.2) is 4.79 Å². The van der Waals surface area contributed by atoms with Crippen molar-refractivity contribution >= 4 is 129 Å². The van der Waals surface area contributed by atoms with Crippen LogP contribution >= 0.6 is 0 Å². The van der Waals surface area contributed by atoms with Crippen molar-refractivity contribution in [2.24, 2.45) is 46.6 Å². The molecular weight excluding hydrogens is 1750 g/mol. The summed E-state index contributed by atoms with van der Waals surface area (Å²) in [7, 11) is 0. The number of aliphatic carboxylic acids is 3. The molecular formula is C87H138N22O25. The van der Waals surface area contributed by atoms with E-state index in [0.717, 1.165) is 13.8 Å². The summed E-state index contributed by atoms with van der Waals surface area (Å²) in [5, 5.41) is 109. The molecule has 0 saturated heterocycles. The van der Waals surface area contributed by atoms with E-state index >= 15 is 4.79 Å². The van der Waals surface area contributed by atoms with Gasteiger partial charge >= 0.3 is 17.9 Å². The number of amides is 16. The van der Waals surface area contributed by atoms with Gasteiger partial charge in [0.2, 0.25) is 94.5 Å². The van der Waals surface area contributed by atoms with E-state index in [1.165, 1.54) is 27.7 Å². The second kappa shape index (κ2) is 57.4. The molecule has 746 valence electrons. The van der Waals surface area contributed by atoms with Gasteiger partial charge in [-0.2, -0.15) is 0 Å². The number of aromatic nitrogens is 1. The number of guanidine groups is 1. The third-order valence-electron chi connectivity index (χ3n) is 22.2. The summed E-state index contributed by atoms with van der Waals surface area (Å²) in [6.45, 7) is 19.1. The molecule has 0 radical (unpaired) electrons. The minimum Gasteiger partial charge on any atom is -0.481 e. The Morgan fingerprint density at radius 1 is 0.388 bits per heavy atom. The number of hydrogen-bond donors (Lipinski definition) is 28. The maximum Gasteiger partial charge on any atom is 0.326 e. The Morgan fingerprint density at radius 3 is 1.20 bits per heavy atom. The Bertz CT molecular complexity index is 4510. The summed E-state index contributed by atoms with van der Waals surface area (Å²) in [6, 6.07) is -11.4. The molecule has 0 saturated carbocycles. The lowest BCUT2D eigenvalue weighted by Crippen LogP contribution is -2.63. The van der Waals surface area contributed by atoms with Crippen molar-refractivity contribution in [1.82, 2.24) is 90.1 Å². The molecule has 0 spiro atoms. The van der Waals surface area contributed by atoms with E-state index in [4.69, 9.17) is 28.3 Å². The highest BCUT2D eigenvalue weighted by Gasteiger charge is 2.42. The molecule has 0 fully saturated rings. The largest absolute Gasteiger partial charge is 0.481 e. The number of carboxylic acids is 3. The van der Waals surface area contributed by atoms with Crippen molar-refractivity contribution in [1.29, 1.82) is 5.41 Å². The van der Waals surface area contributed by atoms with Crippen molar-refractivity contribution in [2.75, 3.05) is 13.1 Å². The van der Waals surface area contributed by atoms with Crippen LogP contribution in [0.3, 0.4) is 0 Å². The van der Waals surface area contributed by atoms with E-state index in [9.17, 15) is 117 Å². The van der Waals surface area contributed by atoms with E-state index in [1.54, 1.807) is 109 Å². The van der Waals surface area contributed by atoms with Crippen molar-refractivity contribution in [3.05, 3.63) is 71.9 Å². The number of unbranched alkanes of at least 4 members (excludes halogenated alkanes) is 1. The van der Waals surface area contributed by atoms with Crippen LogP contribution in [-0.2, 0) is 104 Å². The summed E-state index contributed by atoms with van der Waals surface area (Å²) >= 11 is 0. The molecule has 1 heterocycles. The van der Waals surface area contributed by atoms with Crippen LogP contribution in [0.4, 0.5) is 0 Å². The fourth-order valence-electron chi connectivity index (χ4n) is 13.8. The zero-order chi connectivity index (χ0) is 101. The number of nitrogens with one attached hydrogen (secondary N) is 18. The van der Waals surface area contributed by atoms with Gasteiger partial charge in [-0.1, -0.05) is 123 Å². The highest BCUT2D eigenvalue weighted by molar-refractivity contribution is 6.02. The topological polar surface area (TPSA) is 782 Å². The van der Waals surface area contributed by atoms with Crippen LogP contribution in [0, 0.1) is 29.1 Å². The van der Waals surface area contributed by atoms with Crippen molar-refractivity contribution in [2.45, 2.75) is 301 Å². The van der Waals surface area contributed by atoms with Gasteiger partial charge in [0, 0.05) is 42.9 Å². The Balaban J connectivity index is 2.02. The number of nitrogens with two attached hydrogens (primary N) is 4. The summed E-state index contributed by atoms with van der Waals surface area (Å²) in [6.07, 6.45) is -6.83. The molecule has 0 unspecified atom stereocenters. The lowest BCUT2D eigenvalue weighted by Gasteiger charge is -2.31. The van der Waals surface area contributed by atoms with E-state index in [0.29, 0.717) is 28.5 Å². The van der Waals surface area contributed by atoms with Crippen LogP contribution in [0.1, 0.15) is 185 Å². The number of hydrogen-bond acceptors (Lipinski definition) is 25. The van der Waals surface area contributed by atoms with E-state index in [1.807, 2.05) is 5.32 Å². The van der Waals surface area contributed by atoms with Crippen molar-refractivity contribution < 1.29 is 122 Å². The average molecular weight is 1890 g/mol. The molecule has 47 nitrogen and oxygen atoms in total. The molecule has 47 heteroatoms. The zero-order valence-corrected chi connectivity index (χ0v) is 77.8. The average Bonchev–Trinajstić information content (AvgIpc) is 1.71. The van der Waals surface area contributed by atoms with Gasteiger partial charge in [-0.15, -0.1) is 0 Å². The van der Waals surface area contributed by atoms with Crippen LogP contribution in [0.25, 0.3) is 10.9 Å². The first-order valence-electron chi connectivity index (χ1n) is 44.6. The Morgan fingerprint density at radius 2 is 0.746 bits per heavy atom. The zero-order valence-electron chi connectivity index (χ0n) is 77.8. The van der Waals surface area contributed by atoms with Gasteiger partial charge in [0.05, 0.1) is 37.2 Å². The number of benzene rings is 2. The number of rotatable bonds is 61. The molecule has 16 amide bonds. The molecule has 2 aromatic carbocycles. The van der Waals surface area contributed by atoms with E-state index in [2.05, 4.69) is 84.7 Å². The number of fused-ring (bicyclic) bond motifs is 1. The molecule has 134 heavy (non-hydrogen) atoms. The third kappa shape index (κ3) is 39.0. The normalized spacial score (nSPS) is 16.2. The monoisotopic (exact) mass is 1890 g/mol. The lowest BCUT2D eigenvalue weighted by atomic mass is 9.95. The lowest BCUT2D eigenvalue weighted by molar-refractivity contribution is -0.148. The number of aliphatic hydroxyl groups excluding tert-OH is 3. The highest BCUT2D eigenvalue weighted by Crippen LogP contribution is 2.22. The Hall–Kier alpha value is -13.0. The van der Waals surface area contributed by atoms with Crippen LogP contribution in [-0.4, -0.2) is 282 Å². The van der Waals surface area contributed by atoms with E-state index in [-0.39, 0.29) is 83.2 Å². The molecule has 0 aliphatic carbocycles. The molecule has 0 aliphatic heterocycles. The molecule has 3 rings (SSSR count). The number of aromatic amines is 1. The first-order chi connectivity index (χ1) is 62.9. The Kier molecular flexibility index (Phi) is 49.3. The molecule has 0 aliphatic rings. The summed E-state index contributed by atoms with van der Waals surface area (Å²) in [5.74, 6) is -24.9. The van der Waals surface area contributed by atoms with Gasteiger partial charge in [0.15, 0.2) is 5.96 Å². The van der Waals surface area contributed by atoms with Gasteiger partial charge in [0.25, 0.3) is 0 Å². The maximum absolute atomic E-state index is 15.1. The number of para-hydroxylation sites is 1. The summed E-state index contributed by atoms with van der Waals surface area (Å²) < 4.78 is 0. The molecule has 1 aromatic heterocycles. The predicted octanol–water partition coefficient (Wildman–Crippen LogP) is -5.39. The minimum absolute atomic E-state index is 0.0130. The smallest absolute Gasteiger partial charge is 0.326 e. The summed E-state index contributed by atoms with van der Waals surface area (Å²) in [5.41, 5.74) is 24.0. The molecule has 32 N–H and O–H groups in total. The number of primary amides is 1. The summed E-state index contributed by atoms with van der Waals surface area (Å²) in [4.78, 5) is 266. The highest BCUT2D eigenvalue weighted by atomic mass is 16.4. The van der Waals surface area contributed by atoms with Crippen LogP contribution in [0.2, 0.25) is 0 Å². The molecule has 0 bridgehead atoms. The SMILES string of the molecule is CC[C@H](C)[C@H](NC(=O)[C@H](Cc1ccccc1)NC(=O)[C@H](CC(=O)O)NC(=O)[C@H](CCCNC(=N)N)NC(=O)[C@@H](NC(=O)[C@H](C)N)[C@@H](C)O)C(=O)N[C@@H](C)C(=O)N[C@@H](Cc1c[nH]c2ccccc12)C(=O)N[C@@H](CC(C)C)C(=O)N[C@H](C(=O)N[C@@H](CCC(N)=O)C(=O)N[C@H](C(=O)N[C@@H](CCCCN)C(=O)N[C@H](C(=O)N[C@H](C(=O)N[C@@H](CC(=O)O)C(=O)O)[C@@H](C)O)[C@@H](C)CC)[C@@H](C)O)[C@@H](C)CC. The fourth-order valence-corrected chi connectivity index (χ4v) is 13.8. The molecule has 3 aromatic rings. The number of aliphatic hydroxyl groups is 3. The number of H-pyrrole nitrogens is 1. The first-order valence-corrected chi connectivity index (χ1v) is 44.6. The quantitative estimate of drug-likeness (QED) is 0.0142. The van der Waals surface area contributed by atoms with E-state index < -0.39 is 277 Å². The minimum atomic E-state index is -1.98. The standard InChI is InChI=1S/C87H138N22O25/c1-14-42(6)65(105-79(126)58(36-50-25-18-17-19-26-50)101-77(124)60(38-63(114)115)102-73(120)55(30-24-34-93-87(91)92)97-83(130)68(47(11)110)107-71(118)45(9)89)80(127)95-46(10)72(119)99-59(37-51-40-94-53-28-21-20-27-52(51)53)76(123)100-57(35-41(4)5)78(125)106-66(43(7)15-2)81(128)98-56(31-32-62(90)113)75(122)108-69(48(12)111)84(131)96-54(29-22-23-33-88)74(121)104-67(44(8)16-3)82(129)109-70(49(13)112)85(132)103-61(86(133)134)39-64(116)117/h17-21,25-28,40-49,54-61,65-70,94,110-112H,14-16,22-24,29-39,88-89H2,1-13H3,(H2,90,113)(H,95,127)(H,96,131)(H,97,130)(H,98,128)(H,99,119)(H,100,123)(H,101,124)(H,102,120)(H,103,132)(H,104,121)(H,105,126)(H,106,125)(H,107,118)(H,108,122)(H,109,129)(H,114,115)(H,116,117)(H,133,134)(H4,91,92,93)/t42-,43-,44-,45-,46-,47+,48+,49+,54-,55-,56-,57-,58-,59-,60-,61-,65-,66-,67-,68-,69-,70-/m0/s1. The second-order valence-corrected chi connectivity index (χ2v) is 34.0. The number of carboxylic acid groups (broad SMARTS) is 3. The van der Waals surface area contributed by atoms with Gasteiger partial charge in [0.1, 0.15) is 90.6 Å². The molecule has 22 atom stereocenters. The predicted molar refractivity (Wildman–Crippen MR) is 486 cm³/mol. The number of carbonyl (C=O) groups excluding carboxylic acids is 16. The van der Waals surface area contributed by atoms with Gasteiger partial charge < -0.3 is 144 Å². The van der Waals surface area contributed by atoms with Crippen LogP contribution in [0.15, 0.2) is 60.8 Å². The van der Waals surface area contributed by atoms with Gasteiger partial charge in [-0.05, 0) is 127 Å².